The highest BCUT2D eigenvalue weighted by molar-refractivity contribution is 9.09. The number of benzene rings is 1. The van der Waals surface area contributed by atoms with Crippen LogP contribution in [0.5, 0.6) is 11.5 Å². The largest absolute Gasteiger partial charge is 0.593 e. The number of nitrogens with one attached hydrogen (secondary N) is 1. The summed E-state index contributed by atoms with van der Waals surface area (Å²) < 4.78 is 43.4. The molecule has 118 valence electrons. The molecule has 0 saturated heterocycles. The summed E-state index contributed by atoms with van der Waals surface area (Å²) in [5, 5.41) is 15.9. The van der Waals surface area contributed by atoms with Gasteiger partial charge < -0.3 is 9.84 Å². The molecule has 3 nitrogen and oxygen atoms in total. The highest BCUT2D eigenvalue weighted by atomic mass is 79.9. The lowest BCUT2D eigenvalue weighted by Gasteiger charge is -2.14. The van der Waals surface area contributed by atoms with E-state index in [0.29, 0.717) is 30.8 Å². The lowest BCUT2D eigenvalue weighted by molar-refractivity contribution is -0.0588. The molecule has 0 unspecified atom stereocenters. The fourth-order valence-corrected chi connectivity index (χ4v) is 2.09. The second-order valence-corrected chi connectivity index (χ2v) is 5.27. The second kappa shape index (κ2) is 7.68. The van der Waals surface area contributed by atoms with Gasteiger partial charge in [-0.15, -0.1) is 0 Å². The maximum atomic E-state index is 12.6. The minimum Gasteiger partial charge on any atom is -0.593 e. The van der Waals surface area contributed by atoms with Crippen molar-refractivity contribution in [2.75, 3.05) is 11.9 Å². The van der Waals surface area contributed by atoms with Crippen molar-refractivity contribution in [1.82, 2.24) is 0 Å². The Hall–Kier alpha value is -1.24. The third-order valence-corrected chi connectivity index (χ3v) is 3.42. The molecule has 0 atom stereocenters. The molecule has 1 rings (SSSR count). The molecule has 0 amide bonds. The van der Waals surface area contributed by atoms with E-state index >= 15 is 0 Å². The van der Waals surface area contributed by atoms with Gasteiger partial charge in [0.15, 0.2) is 5.71 Å². The summed E-state index contributed by atoms with van der Waals surface area (Å²) >= 11 is 3.27. The molecule has 21 heavy (non-hydrogen) atoms. The molecule has 0 bridgehead atoms. The molecule has 0 aliphatic heterocycles. The van der Waals surface area contributed by atoms with Gasteiger partial charge in [-0.25, -0.2) is 0 Å². The maximum absolute atomic E-state index is 12.6. The van der Waals surface area contributed by atoms with Crippen LogP contribution in [0.1, 0.15) is 30.9 Å². The smallest absolute Gasteiger partial charge is 0.433 e. The van der Waals surface area contributed by atoms with E-state index in [0.717, 1.165) is 17.8 Å². The third kappa shape index (κ3) is 4.62. The van der Waals surface area contributed by atoms with Crippen molar-refractivity contribution >= 4 is 21.6 Å². The summed E-state index contributed by atoms with van der Waals surface area (Å²) in [6.07, 6.45) is -2.86. The van der Waals surface area contributed by atoms with E-state index in [2.05, 4.69) is 15.9 Å². The zero-order valence-corrected chi connectivity index (χ0v) is 13.2. The predicted octanol–water partition coefficient (Wildman–Crippen LogP) is 4.17. The van der Waals surface area contributed by atoms with Gasteiger partial charge >= 0.3 is 6.18 Å². The van der Waals surface area contributed by atoms with Gasteiger partial charge in [-0.05, 0) is 25.0 Å². The number of hydrogen-bond acceptors (Lipinski definition) is 2. The van der Waals surface area contributed by atoms with E-state index < -0.39 is 17.5 Å². The summed E-state index contributed by atoms with van der Waals surface area (Å²) in [6, 6.07) is 2.56. The first kappa shape index (κ1) is 17.8. The van der Waals surface area contributed by atoms with Crippen LogP contribution in [0.3, 0.4) is 0 Å². The summed E-state index contributed by atoms with van der Waals surface area (Å²) in [7, 11) is 0. The third-order valence-electron chi connectivity index (χ3n) is 2.86. The van der Waals surface area contributed by atoms with Crippen LogP contribution in [0.15, 0.2) is 12.1 Å². The Morgan fingerprint density at radius 2 is 2.05 bits per heavy atom. The summed E-state index contributed by atoms with van der Waals surface area (Å²) in [5.41, 5.74) is -1.46. The fourth-order valence-electron chi connectivity index (χ4n) is 1.86. The summed E-state index contributed by atoms with van der Waals surface area (Å²) in [5.74, 6) is 0.164. The van der Waals surface area contributed by atoms with Gasteiger partial charge in [-0.2, -0.15) is 13.2 Å². The second-order valence-electron chi connectivity index (χ2n) is 4.48. The molecule has 1 aromatic rings. The Labute approximate surface area is 129 Å². The lowest BCUT2D eigenvalue weighted by Crippen LogP contribution is -2.23. The van der Waals surface area contributed by atoms with Crippen LogP contribution >= 0.6 is 15.9 Å². The van der Waals surface area contributed by atoms with Crippen LogP contribution in [0.25, 0.3) is 0 Å². The molecule has 0 aliphatic carbocycles. The maximum Gasteiger partial charge on any atom is 0.433 e. The van der Waals surface area contributed by atoms with Crippen LogP contribution in [0.4, 0.5) is 13.2 Å². The number of alkyl halides is 4. The number of rotatable bonds is 7. The molecule has 7 heteroatoms. The Kier molecular flexibility index (Phi) is 6.51. The van der Waals surface area contributed by atoms with Crippen molar-refractivity contribution in [1.29, 1.82) is 5.41 Å². The van der Waals surface area contributed by atoms with Crippen LogP contribution < -0.4 is 4.74 Å². The van der Waals surface area contributed by atoms with Gasteiger partial charge in [0.05, 0.1) is 12.2 Å². The van der Waals surface area contributed by atoms with Crippen LogP contribution in [0.2, 0.25) is 0 Å². The quantitative estimate of drug-likeness (QED) is 0.334. The monoisotopic (exact) mass is 368 g/mol. The van der Waals surface area contributed by atoms with E-state index in [4.69, 9.17) is 15.3 Å². The molecule has 1 aromatic carbocycles. The normalized spacial score (nSPS) is 11.5. The predicted molar refractivity (Wildman–Crippen MR) is 80.3 cm³/mol. The first-order valence-electron chi connectivity index (χ1n) is 6.55. The van der Waals surface area contributed by atoms with Gasteiger partial charge in [0.2, 0.25) is 0 Å². The van der Waals surface area contributed by atoms with Crippen LogP contribution in [-0.2, 0) is 6.42 Å². The van der Waals surface area contributed by atoms with Crippen molar-refractivity contribution in [3.63, 3.8) is 0 Å². The van der Waals surface area contributed by atoms with Crippen molar-refractivity contribution in [3.05, 3.63) is 23.3 Å². The Morgan fingerprint density at radius 1 is 1.38 bits per heavy atom. The highest BCUT2D eigenvalue weighted by Gasteiger charge is 2.38. The molecule has 0 spiro atoms. The molecular weight excluding hydrogens is 351 g/mol. The number of ether oxygens (including phenoxy) is 1. The van der Waals surface area contributed by atoms with E-state index in [1.165, 1.54) is 6.07 Å². The zero-order chi connectivity index (χ0) is 16.0. The van der Waals surface area contributed by atoms with Gasteiger partial charge in [-0.1, -0.05) is 29.3 Å². The molecular formula is C14H18BrF3NO2+. The molecule has 0 saturated carbocycles. The average Bonchev–Trinajstić information content (AvgIpc) is 2.41. The molecule has 0 aromatic heterocycles. The lowest BCUT2D eigenvalue weighted by atomic mass is 10.00. The van der Waals surface area contributed by atoms with E-state index in [1.807, 2.05) is 6.92 Å². The van der Waals surface area contributed by atoms with E-state index in [1.54, 1.807) is 0 Å². The molecule has 0 aliphatic rings. The van der Waals surface area contributed by atoms with Gasteiger partial charge in [0.1, 0.15) is 11.3 Å². The molecule has 0 fully saturated rings. The standard InChI is InChI=1S/C14H17BrF3NO2/c1-2-4-9-11(21-8-3-7-15)6-5-10(12(9)20)13(19)14(16,17)18/h5-6,19-20H,2-4,7-8H2,1H3/p+1. The highest BCUT2D eigenvalue weighted by Crippen LogP contribution is 2.35. The van der Waals surface area contributed by atoms with Crippen LogP contribution in [-0.4, -0.2) is 28.9 Å². The Bertz CT molecular complexity index is 504. The molecule has 0 heterocycles. The van der Waals surface area contributed by atoms with Crippen molar-refractivity contribution in [2.45, 2.75) is 32.4 Å². The topological polar surface area (TPSA) is 56.0 Å². The van der Waals surface area contributed by atoms with E-state index in [9.17, 15) is 13.2 Å². The Balaban J connectivity index is 3.15. The van der Waals surface area contributed by atoms with Gasteiger partial charge in [0.25, 0.3) is 5.75 Å². The average molecular weight is 369 g/mol. The zero-order valence-electron chi connectivity index (χ0n) is 11.6. The first-order chi connectivity index (χ1) is 9.82. The van der Waals surface area contributed by atoms with Gasteiger partial charge in [0, 0.05) is 5.33 Å². The van der Waals surface area contributed by atoms with Gasteiger partial charge in [-0.3, -0.25) is 5.41 Å². The summed E-state index contributed by atoms with van der Waals surface area (Å²) in [6.45, 7) is 2.31. The SMILES string of the molecule is CCCc1c(OCCCBr)ccc(C(=N)C(F)(F)F)c1[OH2+]. The first-order valence-corrected chi connectivity index (χ1v) is 7.67. The van der Waals surface area contributed by atoms with Crippen LogP contribution in [0, 0.1) is 5.41 Å². The van der Waals surface area contributed by atoms with E-state index in [-0.39, 0.29) is 5.75 Å². The van der Waals surface area contributed by atoms with Crippen molar-refractivity contribution in [2.24, 2.45) is 0 Å². The molecule has 3 N–H and O–H groups in total. The van der Waals surface area contributed by atoms with Crippen molar-refractivity contribution in [3.8, 4) is 11.5 Å². The summed E-state index contributed by atoms with van der Waals surface area (Å²) in [4.78, 5) is 0. The molecule has 0 radical (unpaired) electrons. The Morgan fingerprint density at radius 3 is 2.57 bits per heavy atom. The number of hydrogen-bond donors (Lipinski definition) is 1. The fraction of sp³-hybridized carbons (Fsp3) is 0.500. The minimum absolute atomic E-state index is 0.268. The van der Waals surface area contributed by atoms with Crippen molar-refractivity contribution < 1.29 is 23.0 Å². The minimum atomic E-state index is -4.75. The number of halogens is 4.